The molecule has 2 aromatic carbocycles. The van der Waals surface area contributed by atoms with Gasteiger partial charge in [-0.3, -0.25) is 4.79 Å². The quantitative estimate of drug-likeness (QED) is 0.663. The standard InChI is InChI=1S/C15H9Br2ClN2O/c1-7-12(18)11(17)6-10-13(7)20-15(21)14(10)19-9-4-2-8(16)3-5-9/h2-6H,1H3,(H,19,20,21). The van der Waals surface area contributed by atoms with Crippen molar-refractivity contribution in [3.63, 3.8) is 0 Å². The van der Waals surface area contributed by atoms with Crippen molar-refractivity contribution in [2.24, 2.45) is 4.99 Å². The zero-order valence-corrected chi connectivity index (χ0v) is 14.8. The molecule has 0 bridgehead atoms. The molecule has 3 nitrogen and oxygen atoms in total. The van der Waals surface area contributed by atoms with E-state index in [9.17, 15) is 4.79 Å². The number of rotatable bonds is 1. The molecular formula is C15H9Br2ClN2O. The third kappa shape index (κ3) is 2.65. The van der Waals surface area contributed by atoms with E-state index in [1.807, 2.05) is 37.3 Å². The van der Waals surface area contributed by atoms with Crippen LogP contribution in [0.25, 0.3) is 0 Å². The lowest BCUT2D eigenvalue weighted by atomic mass is 10.1. The Morgan fingerprint density at radius 3 is 2.52 bits per heavy atom. The van der Waals surface area contributed by atoms with Crippen LogP contribution >= 0.6 is 43.5 Å². The van der Waals surface area contributed by atoms with Gasteiger partial charge in [0.05, 0.1) is 16.4 Å². The van der Waals surface area contributed by atoms with Gasteiger partial charge in [0.25, 0.3) is 5.91 Å². The van der Waals surface area contributed by atoms with E-state index in [0.29, 0.717) is 10.7 Å². The Morgan fingerprint density at radius 2 is 1.86 bits per heavy atom. The largest absolute Gasteiger partial charge is 0.320 e. The number of hydrogen-bond acceptors (Lipinski definition) is 2. The van der Waals surface area contributed by atoms with Gasteiger partial charge in [-0.05, 0) is 58.7 Å². The van der Waals surface area contributed by atoms with Gasteiger partial charge < -0.3 is 5.32 Å². The smallest absolute Gasteiger partial charge is 0.275 e. The number of carbonyl (C=O) groups is 1. The molecule has 0 fully saturated rings. The average Bonchev–Trinajstić information content (AvgIpc) is 2.76. The molecule has 0 atom stereocenters. The van der Waals surface area contributed by atoms with Crippen molar-refractivity contribution >= 4 is 66.5 Å². The van der Waals surface area contributed by atoms with Crippen molar-refractivity contribution in [2.75, 3.05) is 5.32 Å². The number of nitrogens with one attached hydrogen (secondary N) is 1. The molecule has 1 amide bonds. The Bertz CT molecular complexity index is 785. The van der Waals surface area contributed by atoms with Crippen LogP contribution < -0.4 is 5.32 Å². The number of amides is 1. The molecule has 3 rings (SSSR count). The molecule has 1 N–H and O–H groups in total. The van der Waals surface area contributed by atoms with Gasteiger partial charge in [-0.25, -0.2) is 4.99 Å². The van der Waals surface area contributed by atoms with Gasteiger partial charge in [0.15, 0.2) is 0 Å². The summed E-state index contributed by atoms with van der Waals surface area (Å²) in [5, 5.41) is 3.43. The van der Waals surface area contributed by atoms with Crippen LogP contribution in [0.5, 0.6) is 0 Å². The first kappa shape index (κ1) is 14.8. The lowest BCUT2D eigenvalue weighted by molar-refractivity contribution is -0.110. The zero-order valence-electron chi connectivity index (χ0n) is 10.9. The average molecular weight is 429 g/mol. The highest BCUT2D eigenvalue weighted by molar-refractivity contribution is 9.10. The van der Waals surface area contributed by atoms with Crippen molar-refractivity contribution in [2.45, 2.75) is 6.92 Å². The summed E-state index contributed by atoms with van der Waals surface area (Å²) in [5.41, 5.74) is 3.43. The molecule has 0 radical (unpaired) electrons. The summed E-state index contributed by atoms with van der Waals surface area (Å²) in [6.45, 7) is 1.87. The highest BCUT2D eigenvalue weighted by Gasteiger charge is 2.29. The van der Waals surface area contributed by atoms with Crippen molar-refractivity contribution in [3.8, 4) is 0 Å². The lowest BCUT2D eigenvalue weighted by Gasteiger charge is -2.07. The topological polar surface area (TPSA) is 41.5 Å². The van der Waals surface area contributed by atoms with Crippen LogP contribution in [0.2, 0.25) is 5.02 Å². The van der Waals surface area contributed by atoms with Crippen LogP contribution in [0.4, 0.5) is 11.4 Å². The van der Waals surface area contributed by atoms with Gasteiger partial charge in [-0.15, -0.1) is 0 Å². The lowest BCUT2D eigenvalue weighted by Crippen LogP contribution is -2.13. The van der Waals surface area contributed by atoms with Gasteiger partial charge in [-0.2, -0.15) is 0 Å². The van der Waals surface area contributed by atoms with Gasteiger partial charge in [0.2, 0.25) is 0 Å². The van der Waals surface area contributed by atoms with Gasteiger partial charge in [0.1, 0.15) is 5.71 Å². The summed E-state index contributed by atoms with van der Waals surface area (Å²) >= 11 is 13.0. The van der Waals surface area contributed by atoms with Crippen LogP contribution in [0, 0.1) is 6.92 Å². The molecule has 0 unspecified atom stereocenters. The van der Waals surface area contributed by atoms with E-state index >= 15 is 0 Å². The number of halogens is 3. The summed E-state index contributed by atoms with van der Waals surface area (Å²) in [4.78, 5) is 16.6. The van der Waals surface area contributed by atoms with Crippen molar-refractivity contribution < 1.29 is 4.79 Å². The van der Waals surface area contributed by atoms with Crippen LogP contribution in [-0.4, -0.2) is 11.6 Å². The Hall–Kier alpha value is -1.17. The predicted octanol–water partition coefficient (Wildman–Crippen LogP) is 5.25. The Labute approximate surface area is 143 Å². The van der Waals surface area contributed by atoms with Crippen LogP contribution in [0.3, 0.4) is 0 Å². The molecule has 2 aromatic rings. The van der Waals surface area contributed by atoms with E-state index in [1.165, 1.54) is 0 Å². The van der Waals surface area contributed by atoms with Crippen molar-refractivity contribution in [3.05, 3.63) is 55.4 Å². The maximum absolute atomic E-state index is 12.2. The van der Waals surface area contributed by atoms with Gasteiger partial charge in [-0.1, -0.05) is 27.5 Å². The maximum Gasteiger partial charge on any atom is 0.275 e. The molecule has 0 aromatic heterocycles. The summed E-state index contributed by atoms with van der Waals surface area (Å²) in [5.74, 6) is -0.217. The first-order chi connectivity index (χ1) is 9.97. The molecule has 1 aliphatic heterocycles. The van der Waals surface area contributed by atoms with E-state index in [1.54, 1.807) is 0 Å². The monoisotopic (exact) mass is 426 g/mol. The Morgan fingerprint density at radius 1 is 1.19 bits per heavy atom. The minimum absolute atomic E-state index is 0.217. The fraction of sp³-hybridized carbons (Fsp3) is 0.0667. The zero-order chi connectivity index (χ0) is 15.1. The number of hydrogen-bond donors (Lipinski definition) is 1. The van der Waals surface area contributed by atoms with E-state index in [0.717, 1.165) is 31.4 Å². The van der Waals surface area contributed by atoms with E-state index in [2.05, 4.69) is 42.2 Å². The van der Waals surface area contributed by atoms with Crippen LogP contribution in [0.1, 0.15) is 11.1 Å². The molecule has 0 aliphatic carbocycles. The number of carbonyl (C=O) groups excluding carboxylic acids is 1. The molecule has 1 heterocycles. The minimum Gasteiger partial charge on any atom is -0.320 e. The molecule has 106 valence electrons. The van der Waals surface area contributed by atoms with Gasteiger partial charge >= 0.3 is 0 Å². The molecular weight excluding hydrogens is 419 g/mol. The second kappa shape index (κ2) is 5.55. The number of benzene rings is 2. The Kier molecular flexibility index (Phi) is 3.90. The predicted molar refractivity (Wildman–Crippen MR) is 92.9 cm³/mol. The first-order valence-corrected chi connectivity index (χ1v) is 8.08. The minimum atomic E-state index is -0.217. The summed E-state index contributed by atoms with van der Waals surface area (Å²) in [6.07, 6.45) is 0. The van der Waals surface area contributed by atoms with Gasteiger partial charge in [0, 0.05) is 14.5 Å². The third-order valence-corrected chi connectivity index (χ3v) is 5.10. The van der Waals surface area contributed by atoms with E-state index < -0.39 is 0 Å². The maximum atomic E-state index is 12.2. The highest BCUT2D eigenvalue weighted by atomic mass is 79.9. The second-order valence-electron chi connectivity index (χ2n) is 4.61. The molecule has 6 heteroatoms. The second-order valence-corrected chi connectivity index (χ2v) is 6.76. The van der Waals surface area contributed by atoms with E-state index in [4.69, 9.17) is 11.6 Å². The first-order valence-electron chi connectivity index (χ1n) is 6.12. The molecule has 1 aliphatic rings. The number of anilines is 1. The molecule has 0 saturated heterocycles. The van der Waals surface area contributed by atoms with Crippen molar-refractivity contribution in [1.82, 2.24) is 0 Å². The normalized spacial score (nSPS) is 15.2. The summed E-state index contributed by atoms with van der Waals surface area (Å²) in [7, 11) is 0. The van der Waals surface area contributed by atoms with E-state index in [-0.39, 0.29) is 5.91 Å². The number of nitrogens with zero attached hydrogens (tertiary/aromatic N) is 1. The third-order valence-electron chi connectivity index (χ3n) is 3.23. The molecule has 0 saturated carbocycles. The fourth-order valence-electron chi connectivity index (χ4n) is 2.15. The summed E-state index contributed by atoms with van der Waals surface area (Å²) in [6, 6.07) is 9.28. The number of fused-ring (bicyclic) bond motifs is 1. The fourth-order valence-corrected chi connectivity index (χ4v) is 3.09. The van der Waals surface area contributed by atoms with Crippen LogP contribution in [0.15, 0.2) is 44.3 Å². The molecule has 21 heavy (non-hydrogen) atoms. The van der Waals surface area contributed by atoms with Crippen LogP contribution in [-0.2, 0) is 4.79 Å². The molecule has 0 spiro atoms. The highest BCUT2D eigenvalue weighted by Crippen LogP contribution is 2.38. The number of aliphatic imine (C=N–C) groups is 1. The SMILES string of the molecule is Cc1c(Cl)c(Br)cc2c1NC(=O)C2=Nc1ccc(Br)cc1. The Balaban J connectivity index is 2.15. The summed E-state index contributed by atoms with van der Waals surface area (Å²) < 4.78 is 1.72. The van der Waals surface area contributed by atoms with Crippen molar-refractivity contribution in [1.29, 1.82) is 0 Å².